The zero-order valence-electron chi connectivity index (χ0n) is 12.8. The summed E-state index contributed by atoms with van der Waals surface area (Å²) in [6.07, 6.45) is 0. The van der Waals surface area contributed by atoms with Crippen molar-refractivity contribution in [2.45, 2.75) is 6.92 Å². The van der Waals surface area contributed by atoms with E-state index >= 15 is 0 Å². The van der Waals surface area contributed by atoms with Gasteiger partial charge in [0.25, 0.3) is 0 Å². The Hall–Kier alpha value is -3.66. The molecule has 0 aromatic heterocycles. The smallest absolute Gasteiger partial charge is 0.323 e. The van der Waals surface area contributed by atoms with Crippen LogP contribution in [0.15, 0.2) is 48.5 Å². The third kappa shape index (κ3) is 3.75. The molecule has 0 bridgehead atoms. The number of anilines is 3. The first-order valence-corrected chi connectivity index (χ1v) is 6.94. The van der Waals surface area contributed by atoms with E-state index in [-0.39, 0.29) is 5.69 Å². The minimum Gasteiger partial charge on any atom is -0.399 e. The van der Waals surface area contributed by atoms with Crippen molar-refractivity contribution in [1.82, 2.24) is 0 Å². The molecule has 0 saturated heterocycles. The number of amides is 3. The summed E-state index contributed by atoms with van der Waals surface area (Å²) in [5.41, 5.74) is 6.98. The molecule has 24 heavy (non-hydrogen) atoms. The molecule has 7 heteroatoms. The van der Waals surface area contributed by atoms with Gasteiger partial charge in [0.15, 0.2) is 0 Å². The van der Waals surface area contributed by atoms with Gasteiger partial charge in [-0.05, 0) is 42.5 Å². The van der Waals surface area contributed by atoms with Crippen molar-refractivity contribution in [2.75, 3.05) is 16.0 Å². The lowest BCUT2D eigenvalue weighted by molar-refractivity contribution is -0.136. The van der Waals surface area contributed by atoms with Gasteiger partial charge in [0.2, 0.25) is 5.91 Å². The topological polar surface area (TPSA) is 116 Å². The largest absolute Gasteiger partial charge is 0.399 e. The predicted molar refractivity (Wildman–Crippen MR) is 88.8 cm³/mol. The Morgan fingerprint density at radius 3 is 2.33 bits per heavy atom. The number of nitrogens with one attached hydrogen (secondary N) is 1. The van der Waals surface area contributed by atoms with Crippen molar-refractivity contribution < 1.29 is 14.4 Å². The van der Waals surface area contributed by atoms with Gasteiger partial charge < -0.3 is 11.1 Å². The molecule has 2 aromatic carbocycles. The molecule has 0 aliphatic heterocycles. The number of imide groups is 1. The van der Waals surface area contributed by atoms with Crippen LogP contribution in [0.2, 0.25) is 0 Å². The molecule has 0 fully saturated rings. The first-order chi connectivity index (χ1) is 11.4. The van der Waals surface area contributed by atoms with Crippen LogP contribution >= 0.6 is 0 Å². The van der Waals surface area contributed by atoms with Crippen LogP contribution in [0.25, 0.3) is 0 Å². The van der Waals surface area contributed by atoms with Crippen molar-refractivity contribution in [1.29, 1.82) is 5.26 Å². The average molecular weight is 322 g/mol. The van der Waals surface area contributed by atoms with Crippen LogP contribution in [0.3, 0.4) is 0 Å². The lowest BCUT2D eigenvalue weighted by Crippen LogP contribution is -2.42. The van der Waals surface area contributed by atoms with Crippen molar-refractivity contribution >= 4 is 34.8 Å². The van der Waals surface area contributed by atoms with E-state index in [1.54, 1.807) is 12.1 Å². The Labute approximate surface area is 138 Å². The normalized spacial score (nSPS) is 9.67. The van der Waals surface area contributed by atoms with Crippen molar-refractivity contribution in [3.05, 3.63) is 54.1 Å². The van der Waals surface area contributed by atoms with Crippen LogP contribution in [0.5, 0.6) is 0 Å². The highest BCUT2D eigenvalue weighted by Crippen LogP contribution is 2.18. The molecule has 0 radical (unpaired) electrons. The summed E-state index contributed by atoms with van der Waals surface area (Å²) in [5, 5.41) is 11.1. The molecule has 0 atom stereocenters. The average Bonchev–Trinajstić information content (AvgIpc) is 2.55. The quantitative estimate of drug-likeness (QED) is 0.644. The van der Waals surface area contributed by atoms with E-state index in [9.17, 15) is 14.4 Å². The van der Waals surface area contributed by atoms with Crippen LogP contribution < -0.4 is 16.0 Å². The first-order valence-electron chi connectivity index (χ1n) is 6.94. The van der Waals surface area contributed by atoms with E-state index in [0.29, 0.717) is 16.9 Å². The fourth-order valence-electron chi connectivity index (χ4n) is 2.02. The van der Waals surface area contributed by atoms with Gasteiger partial charge in [-0.1, -0.05) is 6.07 Å². The minimum atomic E-state index is -1.03. The Kier molecular flexibility index (Phi) is 4.92. The number of carbonyl (C=O) groups excluding carboxylic acids is 3. The Bertz CT molecular complexity index is 838. The summed E-state index contributed by atoms with van der Waals surface area (Å²) in [7, 11) is 0. The van der Waals surface area contributed by atoms with E-state index in [1.165, 1.54) is 43.3 Å². The Balaban J connectivity index is 2.21. The van der Waals surface area contributed by atoms with Gasteiger partial charge in [0.05, 0.1) is 17.3 Å². The maximum atomic E-state index is 12.3. The molecule has 3 amide bonds. The summed E-state index contributed by atoms with van der Waals surface area (Å²) in [4.78, 5) is 37.0. The zero-order valence-corrected chi connectivity index (χ0v) is 12.8. The van der Waals surface area contributed by atoms with Crippen molar-refractivity contribution in [3.63, 3.8) is 0 Å². The molecule has 7 nitrogen and oxygen atoms in total. The number of hydrogen-bond donors (Lipinski definition) is 2. The van der Waals surface area contributed by atoms with Crippen LogP contribution in [-0.2, 0) is 14.4 Å². The van der Waals surface area contributed by atoms with Crippen LogP contribution in [0.4, 0.5) is 17.1 Å². The van der Waals surface area contributed by atoms with E-state index in [1.807, 2.05) is 6.07 Å². The van der Waals surface area contributed by atoms with Gasteiger partial charge in [0.1, 0.15) is 0 Å². The molecular formula is C17H14N4O3. The molecule has 2 aromatic rings. The lowest BCUT2D eigenvalue weighted by Gasteiger charge is -2.19. The fourth-order valence-corrected chi connectivity index (χ4v) is 2.02. The number of benzene rings is 2. The van der Waals surface area contributed by atoms with E-state index in [4.69, 9.17) is 11.0 Å². The van der Waals surface area contributed by atoms with Gasteiger partial charge in [0, 0.05) is 18.3 Å². The summed E-state index contributed by atoms with van der Waals surface area (Å²) in [6, 6.07) is 14.0. The SMILES string of the molecule is CC(=O)N(C(=O)C(=O)Nc1ccc(C#N)cc1)c1cccc(N)c1. The number of rotatable bonds is 2. The van der Waals surface area contributed by atoms with Gasteiger partial charge in [-0.25, -0.2) is 4.90 Å². The number of carbonyl (C=O) groups is 3. The molecule has 120 valence electrons. The number of hydrogen-bond acceptors (Lipinski definition) is 5. The molecule has 0 aliphatic rings. The summed E-state index contributed by atoms with van der Waals surface area (Å²) in [5.74, 6) is -2.62. The second-order valence-corrected chi connectivity index (χ2v) is 4.90. The third-order valence-corrected chi connectivity index (χ3v) is 3.11. The Morgan fingerprint density at radius 2 is 1.79 bits per heavy atom. The van der Waals surface area contributed by atoms with Gasteiger partial charge in [-0.3, -0.25) is 14.4 Å². The van der Waals surface area contributed by atoms with E-state index < -0.39 is 17.7 Å². The van der Waals surface area contributed by atoms with Crippen molar-refractivity contribution in [3.8, 4) is 6.07 Å². The number of nitrogens with zero attached hydrogens (tertiary/aromatic N) is 2. The molecule has 3 N–H and O–H groups in total. The molecule has 0 heterocycles. The number of nitriles is 1. The summed E-state index contributed by atoms with van der Waals surface area (Å²) >= 11 is 0. The minimum absolute atomic E-state index is 0.211. The van der Waals surface area contributed by atoms with Crippen LogP contribution in [-0.4, -0.2) is 17.7 Å². The lowest BCUT2D eigenvalue weighted by atomic mass is 10.2. The van der Waals surface area contributed by atoms with Gasteiger partial charge in [-0.15, -0.1) is 0 Å². The number of nitrogens with two attached hydrogens (primary N) is 1. The maximum absolute atomic E-state index is 12.3. The second-order valence-electron chi connectivity index (χ2n) is 4.90. The van der Waals surface area contributed by atoms with Crippen LogP contribution in [0, 0.1) is 11.3 Å². The van der Waals surface area contributed by atoms with Gasteiger partial charge in [-0.2, -0.15) is 5.26 Å². The summed E-state index contributed by atoms with van der Waals surface area (Å²) < 4.78 is 0. The van der Waals surface area contributed by atoms with Crippen molar-refractivity contribution in [2.24, 2.45) is 0 Å². The maximum Gasteiger partial charge on any atom is 0.323 e. The zero-order chi connectivity index (χ0) is 17.7. The van der Waals surface area contributed by atoms with Crippen LogP contribution in [0.1, 0.15) is 12.5 Å². The van der Waals surface area contributed by atoms with Gasteiger partial charge >= 0.3 is 11.8 Å². The highest BCUT2D eigenvalue weighted by Gasteiger charge is 2.27. The predicted octanol–water partition coefficient (Wildman–Crippen LogP) is 1.66. The summed E-state index contributed by atoms with van der Waals surface area (Å²) in [6.45, 7) is 1.18. The second kappa shape index (κ2) is 7.07. The molecule has 2 rings (SSSR count). The molecular weight excluding hydrogens is 308 g/mol. The first kappa shape index (κ1) is 16.7. The standard InChI is InChI=1S/C17H14N4O3/c1-11(22)21(15-4-2-3-13(19)9-15)17(24)16(23)20-14-7-5-12(10-18)6-8-14/h2-9H,19H2,1H3,(H,20,23). The number of nitrogen functional groups attached to an aromatic ring is 1. The molecule has 0 aliphatic carbocycles. The highest BCUT2D eigenvalue weighted by atomic mass is 16.2. The molecule has 0 saturated carbocycles. The Morgan fingerprint density at radius 1 is 1.12 bits per heavy atom. The monoisotopic (exact) mass is 322 g/mol. The fraction of sp³-hybridized carbons (Fsp3) is 0.0588. The third-order valence-electron chi connectivity index (χ3n) is 3.11. The molecule has 0 unspecified atom stereocenters. The van der Waals surface area contributed by atoms with E-state index in [2.05, 4.69) is 5.32 Å². The molecule has 0 spiro atoms. The van der Waals surface area contributed by atoms with E-state index in [0.717, 1.165) is 4.90 Å². The highest BCUT2D eigenvalue weighted by molar-refractivity contribution is 6.48.